The van der Waals surface area contributed by atoms with Crippen molar-refractivity contribution in [2.24, 2.45) is 10.9 Å². The molecule has 2 aromatic rings. The number of nitrogens with one attached hydrogen (secondary N) is 2. The molecular formula is C24H33IN4O2S. The molecule has 1 aliphatic rings. The van der Waals surface area contributed by atoms with E-state index in [1.54, 1.807) is 0 Å². The highest BCUT2D eigenvalue weighted by molar-refractivity contribution is 14.0. The SMILES string of the molecule is CCNC(=NCC1CC(=O)N(CCc2ccccc2)C1)NCCS(=O)c1ccccc1.I. The van der Waals surface area contributed by atoms with Crippen LogP contribution in [0.4, 0.5) is 0 Å². The quantitative estimate of drug-likeness (QED) is 0.263. The fourth-order valence-electron chi connectivity index (χ4n) is 3.62. The molecule has 1 aliphatic heterocycles. The molecule has 1 amide bonds. The van der Waals surface area contributed by atoms with Gasteiger partial charge in [-0.1, -0.05) is 48.5 Å². The number of carbonyl (C=O) groups is 1. The number of guanidine groups is 1. The van der Waals surface area contributed by atoms with Crippen LogP contribution in [0.25, 0.3) is 0 Å². The summed E-state index contributed by atoms with van der Waals surface area (Å²) in [5.41, 5.74) is 1.25. The van der Waals surface area contributed by atoms with Gasteiger partial charge in [-0.25, -0.2) is 0 Å². The molecule has 2 unspecified atom stereocenters. The fourth-order valence-corrected chi connectivity index (χ4v) is 4.60. The number of likely N-dealkylation sites (tertiary alicyclic amines) is 1. The van der Waals surface area contributed by atoms with Crippen LogP contribution in [0, 0.1) is 5.92 Å². The monoisotopic (exact) mass is 568 g/mol. The lowest BCUT2D eigenvalue weighted by Gasteiger charge is -2.16. The number of carbonyl (C=O) groups excluding carboxylic acids is 1. The summed E-state index contributed by atoms with van der Waals surface area (Å²) in [6.07, 6.45) is 1.43. The lowest BCUT2D eigenvalue weighted by Crippen LogP contribution is -2.39. The predicted octanol–water partition coefficient (Wildman–Crippen LogP) is 3.06. The molecule has 32 heavy (non-hydrogen) atoms. The van der Waals surface area contributed by atoms with E-state index < -0.39 is 10.8 Å². The summed E-state index contributed by atoms with van der Waals surface area (Å²) in [6, 6.07) is 19.8. The van der Waals surface area contributed by atoms with Crippen molar-refractivity contribution in [3.63, 3.8) is 0 Å². The summed E-state index contributed by atoms with van der Waals surface area (Å²) in [5.74, 6) is 1.68. The molecule has 2 atom stereocenters. The lowest BCUT2D eigenvalue weighted by molar-refractivity contribution is -0.127. The zero-order valence-electron chi connectivity index (χ0n) is 18.5. The van der Waals surface area contributed by atoms with E-state index in [4.69, 9.17) is 0 Å². The molecule has 0 aliphatic carbocycles. The molecule has 0 radical (unpaired) electrons. The first-order valence-electron chi connectivity index (χ1n) is 10.9. The number of hydrogen-bond acceptors (Lipinski definition) is 3. The van der Waals surface area contributed by atoms with Gasteiger partial charge in [0, 0.05) is 55.7 Å². The Balaban J connectivity index is 0.00000363. The van der Waals surface area contributed by atoms with Crippen molar-refractivity contribution in [1.82, 2.24) is 15.5 Å². The van der Waals surface area contributed by atoms with Crippen LogP contribution in [0.3, 0.4) is 0 Å². The number of nitrogens with zero attached hydrogens (tertiary/aromatic N) is 2. The highest BCUT2D eigenvalue weighted by Gasteiger charge is 2.29. The number of amides is 1. The Labute approximate surface area is 210 Å². The van der Waals surface area contributed by atoms with E-state index >= 15 is 0 Å². The molecule has 1 saturated heterocycles. The van der Waals surface area contributed by atoms with Gasteiger partial charge in [-0.15, -0.1) is 24.0 Å². The Morgan fingerprint density at radius 1 is 1.09 bits per heavy atom. The van der Waals surface area contributed by atoms with Crippen LogP contribution in [-0.4, -0.2) is 59.5 Å². The summed E-state index contributed by atoms with van der Waals surface area (Å²) in [7, 11) is -1.03. The van der Waals surface area contributed by atoms with Crippen LogP contribution < -0.4 is 10.6 Å². The third-order valence-corrected chi connectivity index (χ3v) is 6.62. The number of rotatable bonds is 10. The maximum atomic E-state index is 12.4. The zero-order chi connectivity index (χ0) is 21.9. The van der Waals surface area contributed by atoms with Crippen molar-refractivity contribution in [3.8, 4) is 0 Å². The van der Waals surface area contributed by atoms with Crippen molar-refractivity contribution in [2.45, 2.75) is 24.7 Å². The summed E-state index contributed by atoms with van der Waals surface area (Å²) in [6.45, 7) is 5.45. The fraction of sp³-hybridized carbons (Fsp3) is 0.417. The molecule has 2 N–H and O–H groups in total. The van der Waals surface area contributed by atoms with Gasteiger partial charge in [-0.2, -0.15) is 0 Å². The summed E-state index contributed by atoms with van der Waals surface area (Å²) >= 11 is 0. The van der Waals surface area contributed by atoms with Gasteiger partial charge in [0.15, 0.2) is 5.96 Å². The standard InChI is InChI=1S/C24H32N4O2S.HI/c1-2-25-24(26-14-16-31(30)22-11-7-4-8-12-22)27-18-21-17-23(29)28(19-21)15-13-20-9-5-3-6-10-20;/h3-12,21H,2,13-19H2,1H3,(H2,25,26,27);1H. The molecular weight excluding hydrogens is 535 g/mol. The number of hydrogen-bond donors (Lipinski definition) is 2. The lowest BCUT2D eigenvalue weighted by atomic mass is 10.1. The van der Waals surface area contributed by atoms with Crippen molar-refractivity contribution in [2.75, 3.05) is 38.5 Å². The Hall–Kier alpha value is -1.94. The minimum absolute atomic E-state index is 0. The Morgan fingerprint density at radius 2 is 1.78 bits per heavy atom. The topological polar surface area (TPSA) is 73.8 Å². The number of aliphatic imine (C=N–C) groups is 1. The van der Waals surface area contributed by atoms with Crippen LogP contribution in [-0.2, 0) is 22.0 Å². The van der Waals surface area contributed by atoms with Gasteiger partial charge in [0.25, 0.3) is 0 Å². The summed E-state index contributed by atoms with van der Waals surface area (Å²) < 4.78 is 12.4. The van der Waals surface area contributed by atoms with Crippen molar-refractivity contribution in [3.05, 3.63) is 66.2 Å². The number of benzene rings is 2. The van der Waals surface area contributed by atoms with Gasteiger partial charge in [-0.05, 0) is 31.0 Å². The van der Waals surface area contributed by atoms with Gasteiger partial charge < -0.3 is 15.5 Å². The van der Waals surface area contributed by atoms with E-state index in [-0.39, 0.29) is 35.8 Å². The summed E-state index contributed by atoms with van der Waals surface area (Å²) in [5, 5.41) is 6.49. The molecule has 0 aromatic heterocycles. The van der Waals surface area contributed by atoms with Crippen LogP contribution in [0.15, 0.2) is 70.6 Å². The van der Waals surface area contributed by atoms with Gasteiger partial charge in [-0.3, -0.25) is 14.0 Å². The second-order valence-corrected chi connectivity index (χ2v) is 9.23. The van der Waals surface area contributed by atoms with Gasteiger partial charge in [0.1, 0.15) is 0 Å². The van der Waals surface area contributed by atoms with E-state index in [0.29, 0.717) is 31.2 Å². The van der Waals surface area contributed by atoms with Gasteiger partial charge >= 0.3 is 0 Å². The van der Waals surface area contributed by atoms with Crippen LogP contribution in [0.2, 0.25) is 0 Å². The third kappa shape index (κ3) is 8.54. The average Bonchev–Trinajstić information content (AvgIpc) is 3.16. The van der Waals surface area contributed by atoms with Crippen molar-refractivity contribution in [1.29, 1.82) is 0 Å². The Morgan fingerprint density at radius 3 is 2.47 bits per heavy atom. The molecule has 8 heteroatoms. The Bertz CT molecular complexity index is 880. The van der Waals surface area contributed by atoms with E-state index in [1.807, 2.05) is 60.4 Å². The highest BCUT2D eigenvalue weighted by atomic mass is 127. The highest BCUT2D eigenvalue weighted by Crippen LogP contribution is 2.18. The molecule has 2 aromatic carbocycles. The predicted molar refractivity (Wildman–Crippen MR) is 142 cm³/mol. The van der Waals surface area contributed by atoms with Crippen LogP contribution in [0.1, 0.15) is 18.9 Å². The Kier molecular flexibility index (Phi) is 11.7. The molecule has 0 bridgehead atoms. The normalized spacial score (nSPS) is 17.0. The molecule has 0 saturated carbocycles. The van der Waals surface area contributed by atoms with Crippen LogP contribution in [0.5, 0.6) is 0 Å². The first kappa shape index (κ1) is 26.3. The smallest absolute Gasteiger partial charge is 0.223 e. The molecule has 6 nitrogen and oxygen atoms in total. The van der Waals surface area contributed by atoms with E-state index in [1.165, 1.54) is 5.56 Å². The largest absolute Gasteiger partial charge is 0.357 e. The first-order chi connectivity index (χ1) is 15.2. The van der Waals surface area contributed by atoms with Gasteiger partial charge in [0.2, 0.25) is 5.91 Å². The maximum absolute atomic E-state index is 12.4. The minimum atomic E-state index is -1.03. The molecule has 0 spiro atoms. The van der Waals surface area contributed by atoms with Crippen molar-refractivity contribution < 1.29 is 9.00 Å². The molecule has 3 rings (SSSR count). The second kappa shape index (κ2) is 14.3. The second-order valence-electron chi connectivity index (χ2n) is 7.65. The van der Waals surface area contributed by atoms with Crippen molar-refractivity contribution >= 4 is 46.6 Å². The van der Waals surface area contributed by atoms with E-state index in [2.05, 4.69) is 27.8 Å². The zero-order valence-corrected chi connectivity index (χ0v) is 21.7. The third-order valence-electron chi connectivity index (χ3n) is 5.25. The van der Waals surface area contributed by atoms with E-state index in [0.717, 1.165) is 31.0 Å². The maximum Gasteiger partial charge on any atom is 0.223 e. The minimum Gasteiger partial charge on any atom is -0.357 e. The number of halogens is 1. The first-order valence-corrected chi connectivity index (χ1v) is 12.2. The molecule has 174 valence electrons. The van der Waals surface area contributed by atoms with Gasteiger partial charge in [0.05, 0.1) is 10.8 Å². The summed E-state index contributed by atoms with van der Waals surface area (Å²) in [4.78, 5) is 19.8. The average molecular weight is 569 g/mol. The van der Waals surface area contributed by atoms with E-state index in [9.17, 15) is 9.00 Å². The molecule has 1 fully saturated rings. The van der Waals surface area contributed by atoms with Crippen LogP contribution >= 0.6 is 24.0 Å². The molecule has 1 heterocycles.